The van der Waals surface area contributed by atoms with E-state index in [4.69, 9.17) is 12.2 Å². The molecule has 5 nitrogen and oxygen atoms in total. The Balaban J connectivity index is 2.73. The first-order chi connectivity index (χ1) is 8.61. The molecule has 1 saturated heterocycles. The van der Waals surface area contributed by atoms with Gasteiger partial charge in [0.2, 0.25) is 11.8 Å². The highest BCUT2D eigenvalue weighted by atomic mass is 32.1. The van der Waals surface area contributed by atoms with E-state index in [0.717, 1.165) is 12.8 Å². The minimum Gasteiger partial charge on any atom is -0.302 e. The van der Waals surface area contributed by atoms with E-state index in [1.165, 1.54) is 11.1 Å². The third-order valence-electron chi connectivity index (χ3n) is 2.50. The molecule has 1 N–H and O–H groups in total. The fraction of sp³-hybridized carbons (Fsp3) is 0.500. The molecule has 1 fully saturated rings. The molecule has 18 heavy (non-hydrogen) atoms. The first-order valence-electron chi connectivity index (χ1n) is 5.88. The number of rotatable bonds is 6. The Bertz CT molecular complexity index is 393. The zero-order chi connectivity index (χ0) is 13.5. The molecular weight excluding hydrogens is 250 g/mol. The highest BCUT2D eigenvalue weighted by Crippen LogP contribution is 2.09. The summed E-state index contributed by atoms with van der Waals surface area (Å²) in [6.07, 6.45) is 4.93. The van der Waals surface area contributed by atoms with Gasteiger partial charge in [0.1, 0.15) is 0 Å². The van der Waals surface area contributed by atoms with Gasteiger partial charge in [-0.3, -0.25) is 19.5 Å². The number of amides is 2. The molecule has 1 heterocycles. The monoisotopic (exact) mass is 267 g/mol. The predicted octanol–water partition coefficient (Wildman–Crippen LogP) is 0.903. The summed E-state index contributed by atoms with van der Waals surface area (Å²) in [5.74, 6) is -1.64. The largest absolute Gasteiger partial charge is 0.302 e. The molecule has 0 aromatic rings. The summed E-state index contributed by atoms with van der Waals surface area (Å²) in [6, 6.07) is 0. The van der Waals surface area contributed by atoms with Gasteiger partial charge >= 0.3 is 0 Å². The number of thiocarbonyl (C=S) groups is 1. The van der Waals surface area contributed by atoms with Crippen LogP contribution in [0.3, 0.4) is 0 Å². The van der Waals surface area contributed by atoms with Crippen LogP contribution in [0.5, 0.6) is 0 Å². The number of aliphatic imine (C=N–C) groups is 1. The van der Waals surface area contributed by atoms with Crippen LogP contribution in [0.25, 0.3) is 0 Å². The van der Waals surface area contributed by atoms with Crippen LogP contribution in [0.2, 0.25) is 0 Å². The van der Waals surface area contributed by atoms with E-state index >= 15 is 0 Å². The number of carbonyl (C=O) groups excluding carboxylic acids is 2. The molecule has 6 heteroatoms. The number of unbranched alkanes of at least 4 members (excludes halogenated alkanes) is 1. The molecule has 1 rings (SSSR count). The lowest BCUT2D eigenvalue weighted by Gasteiger charge is -2.29. The Morgan fingerprint density at radius 3 is 2.89 bits per heavy atom. The minimum absolute atomic E-state index is 0.128. The van der Waals surface area contributed by atoms with Crippen LogP contribution in [-0.2, 0) is 9.59 Å². The quantitative estimate of drug-likeness (QED) is 0.256. The summed E-state index contributed by atoms with van der Waals surface area (Å²) >= 11 is 4.93. The highest BCUT2D eigenvalue weighted by Gasteiger charge is 2.36. The van der Waals surface area contributed by atoms with E-state index in [1.54, 1.807) is 6.08 Å². The summed E-state index contributed by atoms with van der Waals surface area (Å²) in [4.78, 5) is 29.1. The summed E-state index contributed by atoms with van der Waals surface area (Å²) in [7, 11) is 0. The van der Waals surface area contributed by atoms with Crippen molar-refractivity contribution in [1.29, 1.82) is 0 Å². The van der Waals surface area contributed by atoms with Gasteiger partial charge in [-0.05, 0) is 18.6 Å². The maximum atomic E-state index is 12.0. The molecule has 1 unspecified atom stereocenters. The van der Waals surface area contributed by atoms with Gasteiger partial charge in [0, 0.05) is 19.3 Å². The molecular formula is C12H17N3O2S. The Morgan fingerprint density at radius 2 is 2.28 bits per heavy atom. The lowest BCUT2D eigenvalue weighted by molar-refractivity contribution is -0.137. The Hall–Kier alpha value is -1.56. The average molecular weight is 267 g/mol. The second kappa shape index (κ2) is 7.00. The smallest absolute Gasteiger partial charge is 0.247 e. The van der Waals surface area contributed by atoms with Crippen molar-refractivity contribution in [3.63, 3.8) is 0 Å². The van der Waals surface area contributed by atoms with Crippen LogP contribution in [0.1, 0.15) is 19.8 Å². The minimum atomic E-state index is -0.881. The molecule has 0 bridgehead atoms. The van der Waals surface area contributed by atoms with Crippen molar-refractivity contribution in [2.24, 2.45) is 10.9 Å². The molecule has 2 amide bonds. The van der Waals surface area contributed by atoms with Crippen LogP contribution in [0.15, 0.2) is 17.6 Å². The fourth-order valence-corrected chi connectivity index (χ4v) is 1.76. The van der Waals surface area contributed by atoms with Gasteiger partial charge in [-0.15, -0.1) is 6.58 Å². The van der Waals surface area contributed by atoms with Gasteiger partial charge < -0.3 is 5.32 Å². The molecule has 1 aliphatic heterocycles. The number of hydrogen-bond acceptors (Lipinski definition) is 4. The molecule has 0 saturated carbocycles. The average Bonchev–Trinajstić information content (AvgIpc) is 2.33. The van der Waals surface area contributed by atoms with Crippen molar-refractivity contribution in [3.05, 3.63) is 12.7 Å². The van der Waals surface area contributed by atoms with Crippen LogP contribution >= 0.6 is 12.2 Å². The molecule has 1 atom stereocenters. The van der Waals surface area contributed by atoms with Gasteiger partial charge in [-0.2, -0.15) is 0 Å². The van der Waals surface area contributed by atoms with E-state index < -0.39 is 11.8 Å². The fourth-order valence-electron chi connectivity index (χ4n) is 1.49. The van der Waals surface area contributed by atoms with Gasteiger partial charge in [0.25, 0.3) is 0 Å². The molecule has 1 aliphatic rings. The Labute approximate surface area is 112 Å². The SMILES string of the molecule is C=CCN1C(=O)C(C=NCCCC)C(=O)NC1=S. The molecule has 0 aromatic carbocycles. The number of carbonyl (C=O) groups is 2. The van der Waals surface area contributed by atoms with Crippen LogP contribution < -0.4 is 5.32 Å². The van der Waals surface area contributed by atoms with Crippen molar-refractivity contribution in [1.82, 2.24) is 10.2 Å². The predicted molar refractivity (Wildman–Crippen MR) is 74.4 cm³/mol. The number of nitrogens with one attached hydrogen (secondary N) is 1. The summed E-state index contributed by atoms with van der Waals surface area (Å²) < 4.78 is 0. The van der Waals surface area contributed by atoms with Gasteiger partial charge in [0.05, 0.1) is 0 Å². The van der Waals surface area contributed by atoms with Crippen molar-refractivity contribution in [3.8, 4) is 0 Å². The topological polar surface area (TPSA) is 61.8 Å². The summed E-state index contributed by atoms with van der Waals surface area (Å²) in [5, 5.41) is 2.62. The van der Waals surface area contributed by atoms with Gasteiger partial charge in [0.15, 0.2) is 11.0 Å². The Morgan fingerprint density at radius 1 is 1.56 bits per heavy atom. The molecule has 98 valence electrons. The normalized spacial score (nSPS) is 20.4. The zero-order valence-electron chi connectivity index (χ0n) is 10.4. The van der Waals surface area contributed by atoms with Crippen molar-refractivity contribution >= 4 is 35.4 Å². The van der Waals surface area contributed by atoms with Crippen LogP contribution in [0.4, 0.5) is 0 Å². The summed E-state index contributed by atoms with van der Waals surface area (Å²) in [6.45, 7) is 6.52. The molecule has 0 spiro atoms. The standard InChI is InChI=1S/C12H17N3O2S/c1-3-5-6-13-8-9-10(16)14-12(18)15(7-4-2)11(9)17/h4,8-9H,2-3,5-7H2,1H3,(H,14,16,18). The Kier molecular flexibility index (Phi) is 5.64. The van der Waals surface area contributed by atoms with Crippen molar-refractivity contribution < 1.29 is 9.59 Å². The van der Waals surface area contributed by atoms with Gasteiger partial charge in [-0.25, -0.2) is 0 Å². The highest BCUT2D eigenvalue weighted by molar-refractivity contribution is 7.80. The lowest BCUT2D eigenvalue weighted by Crippen LogP contribution is -2.58. The maximum absolute atomic E-state index is 12.0. The van der Waals surface area contributed by atoms with Crippen molar-refractivity contribution in [2.75, 3.05) is 13.1 Å². The first-order valence-corrected chi connectivity index (χ1v) is 6.29. The molecule has 0 radical (unpaired) electrons. The van der Waals surface area contributed by atoms with E-state index in [0.29, 0.717) is 6.54 Å². The van der Waals surface area contributed by atoms with E-state index in [1.807, 2.05) is 0 Å². The lowest BCUT2D eigenvalue weighted by atomic mass is 10.1. The zero-order valence-corrected chi connectivity index (χ0v) is 11.2. The molecule has 0 aliphatic carbocycles. The number of nitrogens with zero attached hydrogens (tertiary/aromatic N) is 2. The maximum Gasteiger partial charge on any atom is 0.247 e. The summed E-state index contributed by atoms with van der Waals surface area (Å²) in [5.41, 5.74) is 0. The molecule has 0 aromatic heterocycles. The van der Waals surface area contributed by atoms with Crippen molar-refractivity contribution in [2.45, 2.75) is 19.8 Å². The van der Waals surface area contributed by atoms with E-state index in [2.05, 4.69) is 23.8 Å². The number of hydrogen-bond donors (Lipinski definition) is 1. The van der Waals surface area contributed by atoms with E-state index in [-0.39, 0.29) is 17.6 Å². The third-order valence-corrected chi connectivity index (χ3v) is 2.82. The second-order valence-electron chi connectivity index (χ2n) is 3.92. The van der Waals surface area contributed by atoms with E-state index in [9.17, 15) is 9.59 Å². The van der Waals surface area contributed by atoms with Crippen LogP contribution in [0, 0.1) is 5.92 Å². The third kappa shape index (κ3) is 3.46. The van der Waals surface area contributed by atoms with Gasteiger partial charge in [-0.1, -0.05) is 19.4 Å². The van der Waals surface area contributed by atoms with Crippen LogP contribution in [-0.4, -0.2) is 41.1 Å². The second-order valence-corrected chi connectivity index (χ2v) is 4.31. The first kappa shape index (κ1) is 14.5.